The van der Waals surface area contributed by atoms with Crippen molar-refractivity contribution in [3.05, 3.63) is 51.5 Å². The Morgan fingerprint density at radius 1 is 1.14 bits per heavy atom. The van der Waals surface area contributed by atoms with Crippen molar-refractivity contribution in [3.63, 3.8) is 0 Å². The van der Waals surface area contributed by atoms with Gasteiger partial charge in [-0.05, 0) is 30.3 Å². The van der Waals surface area contributed by atoms with E-state index in [9.17, 15) is 17.2 Å². The van der Waals surface area contributed by atoms with Crippen LogP contribution in [0.1, 0.15) is 0 Å². The Bertz CT molecular complexity index is 792. The molecule has 0 bridgehead atoms. The smallest absolute Gasteiger partial charge is 0.264 e. The second kappa shape index (κ2) is 5.78. The molecule has 0 saturated carbocycles. The summed E-state index contributed by atoms with van der Waals surface area (Å²) in [5.41, 5.74) is 4.65. The van der Waals surface area contributed by atoms with Crippen molar-refractivity contribution in [2.24, 2.45) is 0 Å². The normalized spacial score (nSPS) is 11.4. The van der Waals surface area contributed by atoms with Crippen molar-refractivity contribution in [3.8, 4) is 0 Å². The van der Waals surface area contributed by atoms with Crippen LogP contribution in [0.5, 0.6) is 0 Å². The molecule has 112 valence electrons. The highest BCUT2D eigenvalue weighted by Gasteiger charge is 2.22. The number of anilines is 2. The van der Waals surface area contributed by atoms with Gasteiger partial charge >= 0.3 is 0 Å². The second-order valence-corrected chi connectivity index (χ2v) is 7.04. The van der Waals surface area contributed by atoms with Gasteiger partial charge in [-0.1, -0.05) is 27.5 Å². The van der Waals surface area contributed by atoms with Gasteiger partial charge in [-0.25, -0.2) is 17.2 Å². The standard InChI is InChI=1S/C12H8BrClF2N2O2S/c13-6-3-8(15)12(9(16)4-6)18-21(19,20)11-2-1-7(14)5-10(11)17/h1-5,18H,17H2. The Balaban J connectivity index is 2.47. The van der Waals surface area contributed by atoms with Crippen LogP contribution in [0.2, 0.25) is 5.02 Å². The first-order chi connectivity index (χ1) is 9.70. The molecule has 4 nitrogen and oxygen atoms in total. The summed E-state index contributed by atoms with van der Waals surface area (Å²) in [4.78, 5) is -0.325. The number of halogens is 4. The average Bonchev–Trinajstić information content (AvgIpc) is 2.33. The molecule has 21 heavy (non-hydrogen) atoms. The molecule has 3 N–H and O–H groups in total. The van der Waals surface area contributed by atoms with Gasteiger partial charge in [0.1, 0.15) is 10.6 Å². The van der Waals surface area contributed by atoms with E-state index >= 15 is 0 Å². The first-order valence-corrected chi connectivity index (χ1v) is 8.08. The molecular formula is C12H8BrClF2N2O2S. The molecule has 0 aliphatic heterocycles. The van der Waals surface area contributed by atoms with E-state index in [0.717, 1.165) is 18.2 Å². The number of benzene rings is 2. The van der Waals surface area contributed by atoms with Crippen molar-refractivity contribution >= 4 is 48.9 Å². The zero-order valence-corrected chi connectivity index (χ0v) is 13.4. The van der Waals surface area contributed by atoms with Gasteiger partial charge < -0.3 is 5.73 Å². The second-order valence-electron chi connectivity index (χ2n) is 4.03. The molecule has 0 aliphatic rings. The van der Waals surface area contributed by atoms with E-state index in [-0.39, 0.29) is 20.1 Å². The third kappa shape index (κ3) is 3.45. The summed E-state index contributed by atoms with van der Waals surface area (Å²) in [7, 11) is -4.25. The molecule has 0 radical (unpaired) electrons. The minimum Gasteiger partial charge on any atom is -0.398 e. The lowest BCUT2D eigenvalue weighted by Gasteiger charge is -2.12. The molecule has 2 aromatic carbocycles. The molecule has 0 amide bonds. The van der Waals surface area contributed by atoms with E-state index in [4.69, 9.17) is 17.3 Å². The fourth-order valence-electron chi connectivity index (χ4n) is 1.59. The van der Waals surface area contributed by atoms with Crippen LogP contribution in [0, 0.1) is 11.6 Å². The van der Waals surface area contributed by atoms with Crippen molar-refractivity contribution in [1.82, 2.24) is 0 Å². The number of rotatable bonds is 3. The van der Waals surface area contributed by atoms with Crippen LogP contribution in [-0.4, -0.2) is 8.42 Å². The Hall–Kier alpha value is -1.38. The summed E-state index contributed by atoms with van der Waals surface area (Å²) in [5, 5.41) is 0.243. The van der Waals surface area contributed by atoms with Crippen LogP contribution in [0.15, 0.2) is 39.7 Å². The molecule has 9 heteroatoms. The summed E-state index contributed by atoms with van der Waals surface area (Å²) >= 11 is 8.57. The number of nitrogens with two attached hydrogens (primary N) is 1. The molecular weight excluding hydrogens is 390 g/mol. The van der Waals surface area contributed by atoms with Gasteiger partial charge in [-0.2, -0.15) is 0 Å². The van der Waals surface area contributed by atoms with Crippen LogP contribution in [-0.2, 0) is 10.0 Å². The van der Waals surface area contributed by atoms with Crippen LogP contribution in [0.4, 0.5) is 20.2 Å². The van der Waals surface area contributed by atoms with E-state index in [0.29, 0.717) is 0 Å². The summed E-state index contributed by atoms with van der Waals surface area (Å²) in [6, 6.07) is 5.55. The molecule has 0 aromatic heterocycles. The van der Waals surface area contributed by atoms with Gasteiger partial charge in [-0.3, -0.25) is 4.72 Å². The van der Waals surface area contributed by atoms with Gasteiger partial charge in [0, 0.05) is 9.50 Å². The first kappa shape index (κ1) is 16.0. The fraction of sp³-hybridized carbons (Fsp3) is 0. The summed E-state index contributed by atoms with van der Waals surface area (Å²) in [6.07, 6.45) is 0. The van der Waals surface area contributed by atoms with Crippen molar-refractivity contribution < 1.29 is 17.2 Å². The lowest BCUT2D eigenvalue weighted by molar-refractivity contribution is 0.582. The topological polar surface area (TPSA) is 72.2 Å². The fourth-order valence-corrected chi connectivity index (χ4v) is 3.37. The van der Waals surface area contributed by atoms with Crippen molar-refractivity contribution in [1.29, 1.82) is 0 Å². The monoisotopic (exact) mass is 396 g/mol. The van der Waals surface area contributed by atoms with Crippen molar-refractivity contribution in [2.75, 3.05) is 10.5 Å². The first-order valence-electron chi connectivity index (χ1n) is 5.43. The summed E-state index contributed by atoms with van der Waals surface area (Å²) < 4.78 is 53.6. The van der Waals surface area contributed by atoms with Gasteiger partial charge in [0.2, 0.25) is 0 Å². The zero-order chi connectivity index (χ0) is 15.8. The van der Waals surface area contributed by atoms with E-state index in [1.807, 2.05) is 4.72 Å². The van der Waals surface area contributed by atoms with E-state index in [1.165, 1.54) is 12.1 Å². The Labute approximate surface area is 133 Å². The molecule has 2 aromatic rings. The Morgan fingerprint density at radius 3 is 2.24 bits per heavy atom. The highest BCUT2D eigenvalue weighted by Crippen LogP contribution is 2.28. The van der Waals surface area contributed by atoms with Crippen molar-refractivity contribution in [2.45, 2.75) is 4.90 Å². The minimum atomic E-state index is -4.25. The Morgan fingerprint density at radius 2 is 1.71 bits per heavy atom. The molecule has 0 unspecified atom stereocenters. The molecule has 0 atom stereocenters. The van der Waals surface area contributed by atoms with E-state index in [2.05, 4.69) is 15.9 Å². The third-order valence-electron chi connectivity index (χ3n) is 2.50. The largest absolute Gasteiger partial charge is 0.398 e. The number of sulfonamides is 1. The van der Waals surface area contributed by atoms with E-state index < -0.39 is 27.3 Å². The van der Waals surface area contributed by atoms with Crippen LogP contribution in [0.3, 0.4) is 0 Å². The maximum absolute atomic E-state index is 13.7. The average molecular weight is 398 g/mol. The molecule has 0 fully saturated rings. The lowest BCUT2D eigenvalue weighted by Crippen LogP contribution is -2.16. The van der Waals surface area contributed by atoms with Gasteiger partial charge in [0.05, 0.1) is 5.69 Å². The number of nitrogens with one attached hydrogen (secondary N) is 1. The molecule has 2 rings (SSSR count). The molecule has 0 aliphatic carbocycles. The lowest BCUT2D eigenvalue weighted by atomic mass is 10.3. The maximum atomic E-state index is 13.7. The highest BCUT2D eigenvalue weighted by atomic mass is 79.9. The number of hydrogen-bond acceptors (Lipinski definition) is 3. The highest BCUT2D eigenvalue weighted by molar-refractivity contribution is 9.10. The maximum Gasteiger partial charge on any atom is 0.264 e. The SMILES string of the molecule is Nc1cc(Cl)ccc1S(=O)(=O)Nc1c(F)cc(Br)cc1F. The quantitative estimate of drug-likeness (QED) is 0.775. The zero-order valence-electron chi connectivity index (χ0n) is 10.2. The third-order valence-corrected chi connectivity index (χ3v) is 4.62. The van der Waals surface area contributed by atoms with Crippen LogP contribution in [0.25, 0.3) is 0 Å². The molecule has 0 spiro atoms. The van der Waals surface area contributed by atoms with Gasteiger partial charge in [0.15, 0.2) is 11.6 Å². The van der Waals surface area contributed by atoms with Gasteiger partial charge in [-0.15, -0.1) is 0 Å². The summed E-state index contributed by atoms with van der Waals surface area (Å²) in [5.74, 6) is -2.11. The predicted molar refractivity (Wildman–Crippen MR) is 80.7 cm³/mol. The van der Waals surface area contributed by atoms with Crippen LogP contribution >= 0.6 is 27.5 Å². The predicted octanol–water partition coefficient (Wildman–Crippen LogP) is 3.76. The molecule has 0 saturated heterocycles. The van der Waals surface area contributed by atoms with E-state index in [1.54, 1.807) is 0 Å². The number of nitrogen functional groups attached to an aromatic ring is 1. The van der Waals surface area contributed by atoms with Crippen LogP contribution < -0.4 is 10.5 Å². The number of hydrogen-bond donors (Lipinski definition) is 2. The van der Waals surface area contributed by atoms with Gasteiger partial charge in [0.25, 0.3) is 10.0 Å². The summed E-state index contributed by atoms with van der Waals surface area (Å²) in [6.45, 7) is 0. The minimum absolute atomic E-state index is 0.132. The Kier molecular flexibility index (Phi) is 4.40. The molecule has 0 heterocycles.